The Hall–Kier alpha value is -0.540. The van der Waals surface area contributed by atoms with Gasteiger partial charge in [0.05, 0.1) is 6.61 Å². The van der Waals surface area contributed by atoms with Crippen LogP contribution in [0.4, 0.5) is 0 Å². The summed E-state index contributed by atoms with van der Waals surface area (Å²) in [7, 11) is 0. The Morgan fingerprint density at radius 3 is 2.84 bits per heavy atom. The van der Waals surface area contributed by atoms with Gasteiger partial charge in [-0.25, -0.2) is 0 Å². The van der Waals surface area contributed by atoms with Crippen LogP contribution in [-0.2, 0) is 0 Å². The van der Waals surface area contributed by atoms with Crippen LogP contribution in [0.1, 0.15) is 51.1 Å². The molecule has 0 heterocycles. The van der Waals surface area contributed by atoms with Crippen molar-refractivity contribution >= 4 is 15.9 Å². The van der Waals surface area contributed by atoms with Crippen molar-refractivity contribution in [2.75, 3.05) is 13.2 Å². The SMILES string of the molecule is CCCNC(C)c1ccc(Br)cc1OCC1CCC1. The Morgan fingerprint density at radius 2 is 2.21 bits per heavy atom. The molecule has 19 heavy (non-hydrogen) atoms. The molecule has 1 aromatic carbocycles. The number of hydrogen-bond acceptors (Lipinski definition) is 2. The standard InChI is InChI=1S/C16H24BrNO/c1-3-9-18-12(2)15-8-7-14(17)10-16(15)19-11-13-5-4-6-13/h7-8,10,12-13,18H,3-6,9,11H2,1-2H3. The first-order valence-electron chi connectivity index (χ1n) is 7.36. The van der Waals surface area contributed by atoms with Gasteiger partial charge >= 0.3 is 0 Å². The highest BCUT2D eigenvalue weighted by molar-refractivity contribution is 9.10. The van der Waals surface area contributed by atoms with Crippen LogP contribution >= 0.6 is 15.9 Å². The van der Waals surface area contributed by atoms with E-state index in [2.05, 4.69) is 53.3 Å². The minimum Gasteiger partial charge on any atom is -0.493 e. The first kappa shape index (κ1) is 14.9. The molecule has 1 fully saturated rings. The van der Waals surface area contributed by atoms with Gasteiger partial charge in [0.15, 0.2) is 0 Å². The summed E-state index contributed by atoms with van der Waals surface area (Å²) in [6, 6.07) is 6.69. The summed E-state index contributed by atoms with van der Waals surface area (Å²) in [6.07, 6.45) is 5.17. The van der Waals surface area contributed by atoms with Crippen molar-refractivity contribution in [3.05, 3.63) is 28.2 Å². The zero-order valence-corrected chi connectivity index (χ0v) is 13.5. The maximum Gasteiger partial charge on any atom is 0.125 e. The second kappa shape index (κ2) is 7.30. The number of hydrogen-bond donors (Lipinski definition) is 1. The van der Waals surface area contributed by atoms with Gasteiger partial charge in [0, 0.05) is 16.1 Å². The molecule has 1 aromatic rings. The normalized spacial score (nSPS) is 17.0. The molecule has 3 heteroatoms. The van der Waals surface area contributed by atoms with Crippen LogP contribution in [0.15, 0.2) is 22.7 Å². The van der Waals surface area contributed by atoms with E-state index in [0.29, 0.717) is 6.04 Å². The third-order valence-corrected chi connectivity index (χ3v) is 4.34. The van der Waals surface area contributed by atoms with Crippen LogP contribution in [0, 0.1) is 5.92 Å². The Kier molecular flexibility index (Phi) is 5.71. The Bertz CT molecular complexity index is 404. The average Bonchev–Trinajstić information content (AvgIpc) is 2.34. The molecule has 0 amide bonds. The Labute approximate surface area is 125 Å². The smallest absolute Gasteiger partial charge is 0.125 e. The predicted octanol–water partition coefficient (Wildman–Crippen LogP) is 4.69. The third kappa shape index (κ3) is 4.22. The third-order valence-electron chi connectivity index (χ3n) is 3.84. The molecule has 106 valence electrons. The van der Waals surface area contributed by atoms with Crippen LogP contribution in [0.2, 0.25) is 0 Å². The molecule has 0 radical (unpaired) electrons. The fraction of sp³-hybridized carbons (Fsp3) is 0.625. The topological polar surface area (TPSA) is 21.3 Å². The minimum atomic E-state index is 0.337. The Morgan fingerprint density at radius 1 is 1.42 bits per heavy atom. The van der Waals surface area contributed by atoms with Crippen molar-refractivity contribution in [3.8, 4) is 5.75 Å². The molecule has 0 aliphatic heterocycles. The maximum absolute atomic E-state index is 6.05. The molecule has 2 rings (SSSR count). The molecule has 1 atom stereocenters. The highest BCUT2D eigenvalue weighted by atomic mass is 79.9. The van der Waals surface area contributed by atoms with Crippen molar-refractivity contribution in [1.82, 2.24) is 5.32 Å². The quantitative estimate of drug-likeness (QED) is 0.785. The number of ether oxygens (including phenoxy) is 1. The molecule has 0 saturated heterocycles. The lowest BCUT2D eigenvalue weighted by atomic mass is 9.86. The first-order chi connectivity index (χ1) is 9.20. The summed E-state index contributed by atoms with van der Waals surface area (Å²) in [4.78, 5) is 0. The van der Waals surface area contributed by atoms with Crippen LogP contribution in [0.25, 0.3) is 0 Å². The van der Waals surface area contributed by atoms with E-state index in [1.807, 2.05) is 0 Å². The van der Waals surface area contributed by atoms with E-state index in [0.717, 1.165) is 35.7 Å². The molecular weight excluding hydrogens is 302 g/mol. The molecule has 1 N–H and O–H groups in total. The summed E-state index contributed by atoms with van der Waals surface area (Å²) >= 11 is 3.54. The first-order valence-corrected chi connectivity index (χ1v) is 8.15. The number of nitrogens with one attached hydrogen (secondary N) is 1. The second-order valence-electron chi connectivity index (χ2n) is 5.47. The lowest BCUT2D eigenvalue weighted by molar-refractivity contribution is 0.178. The van der Waals surface area contributed by atoms with E-state index in [-0.39, 0.29) is 0 Å². The molecule has 1 saturated carbocycles. The van der Waals surface area contributed by atoms with E-state index < -0.39 is 0 Å². The van der Waals surface area contributed by atoms with Crippen molar-refractivity contribution in [2.45, 2.75) is 45.6 Å². The zero-order chi connectivity index (χ0) is 13.7. The van der Waals surface area contributed by atoms with Gasteiger partial charge in [0.2, 0.25) is 0 Å². The zero-order valence-electron chi connectivity index (χ0n) is 11.9. The monoisotopic (exact) mass is 325 g/mol. The molecular formula is C16H24BrNO. The second-order valence-corrected chi connectivity index (χ2v) is 6.38. The van der Waals surface area contributed by atoms with E-state index in [4.69, 9.17) is 4.74 Å². The summed E-state index contributed by atoms with van der Waals surface area (Å²) in [6.45, 7) is 6.30. The average molecular weight is 326 g/mol. The summed E-state index contributed by atoms with van der Waals surface area (Å²) in [5.41, 5.74) is 1.26. The van der Waals surface area contributed by atoms with Gasteiger partial charge in [-0.1, -0.05) is 35.3 Å². The van der Waals surface area contributed by atoms with Crippen molar-refractivity contribution in [2.24, 2.45) is 5.92 Å². The molecule has 1 aliphatic carbocycles. The lowest BCUT2D eigenvalue weighted by Gasteiger charge is -2.26. The lowest BCUT2D eigenvalue weighted by Crippen LogP contribution is -2.22. The number of rotatable bonds is 7. The summed E-state index contributed by atoms with van der Waals surface area (Å²) in [5.74, 6) is 1.79. The van der Waals surface area contributed by atoms with Crippen LogP contribution in [0.5, 0.6) is 5.75 Å². The van der Waals surface area contributed by atoms with Crippen molar-refractivity contribution in [3.63, 3.8) is 0 Å². The van der Waals surface area contributed by atoms with Crippen molar-refractivity contribution < 1.29 is 4.74 Å². The van der Waals surface area contributed by atoms with Gasteiger partial charge in [0.1, 0.15) is 5.75 Å². The van der Waals surface area contributed by atoms with Crippen molar-refractivity contribution in [1.29, 1.82) is 0 Å². The Balaban J connectivity index is 2.02. The van der Waals surface area contributed by atoms with Gasteiger partial charge in [-0.15, -0.1) is 0 Å². The van der Waals surface area contributed by atoms with Crippen LogP contribution < -0.4 is 10.1 Å². The fourth-order valence-corrected chi connectivity index (χ4v) is 2.67. The van der Waals surface area contributed by atoms with Gasteiger partial charge in [0.25, 0.3) is 0 Å². The molecule has 1 unspecified atom stereocenters. The molecule has 0 aromatic heterocycles. The number of benzene rings is 1. The summed E-state index contributed by atoms with van der Waals surface area (Å²) < 4.78 is 7.14. The van der Waals surface area contributed by atoms with Gasteiger partial charge in [-0.2, -0.15) is 0 Å². The molecule has 0 spiro atoms. The summed E-state index contributed by atoms with van der Waals surface area (Å²) in [5, 5.41) is 3.53. The van der Waals surface area contributed by atoms with Gasteiger partial charge < -0.3 is 10.1 Å². The molecule has 2 nitrogen and oxygen atoms in total. The fourth-order valence-electron chi connectivity index (χ4n) is 2.33. The van der Waals surface area contributed by atoms with Gasteiger partial charge in [-0.3, -0.25) is 0 Å². The van der Waals surface area contributed by atoms with E-state index in [1.54, 1.807) is 0 Å². The highest BCUT2D eigenvalue weighted by Gasteiger charge is 2.19. The predicted molar refractivity (Wildman–Crippen MR) is 83.7 cm³/mol. The van der Waals surface area contributed by atoms with E-state index >= 15 is 0 Å². The van der Waals surface area contributed by atoms with Crippen LogP contribution in [0.3, 0.4) is 0 Å². The van der Waals surface area contributed by atoms with E-state index in [1.165, 1.54) is 24.8 Å². The number of halogens is 1. The highest BCUT2D eigenvalue weighted by Crippen LogP contribution is 2.31. The maximum atomic E-state index is 6.05. The largest absolute Gasteiger partial charge is 0.493 e. The van der Waals surface area contributed by atoms with Gasteiger partial charge in [-0.05, 0) is 50.8 Å². The van der Waals surface area contributed by atoms with E-state index in [9.17, 15) is 0 Å². The molecule has 0 bridgehead atoms. The molecule has 1 aliphatic rings. The minimum absolute atomic E-state index is 0.337. The van der Waals surface area contributed by atoms with Crippen LogP contribution in [-0.4, -0.2) is 13.2 Å².